The van der Waals surface area contributed by atoms with Crippen LogP contribution < -0.4 is 0 Å². The lowest BCUT2D eigenvalue weighted by Crippen LogP contribution is -2.54. The van der Waals surface area contributed by atoms with Crippen molar-refractivity contribution < 1.29 is 18.0 Å². The number of carbonyl (C=O) groups excluding carboxylic acids is 2. The molecule has 0 aromatic heterocycles. The summed E-state index contributed by atoms with van der Waals surface area (Å²) in [5.41, 5.74) is 0.938. The Morgan fingerprint density at radius 3 is 1.97 bits per heavy atom. The number of rotatable bonds is 4. The number of hydrogen-bond donors (Lipinski definition) is 0. The van der Waals surface area contributed by atoms with Crippen molar-refractivity contribution >= 4 is 21.8 Å². The van der Waals surface area contributed by atoms with Crippen LogP contribution in [0.2, 0.25) is 0 Å². The minimum atomic E-state index is -3.77. The Morgan fingerprint density at radius 2 is 1.38 bits per heavy atom. The van der Waals surface area contributed by atoms with Crippen molar-refractivity contribution in [1.82, 2.24) is 14.1 Å². The molecule has 2 aliphatic heterocycles. The molecule has 0 spiro atoms. The molecule has 0 radical (unpaired) electrons. The fourth-order valence-electron chi connectivity index (χ4n) is 4.64. The standard InChI is InChI=1S/C24H29N3O4S/c1-19(28)25-14-16-26(17-15-25)24(29)21-12-13-23(20-8-4-2-5-9-20)27(18-21)32(30,31)22-10-6-3-7-11-22/h2-11,21,23H,12-18H2,1H3/t21-,23-/m1/s1. The van der Waals surface area contributed by atoms with Gasteiger partial charge >= 0.3 is 0 Å². The van der Waals surface area contributed by atoms with Crippen LogP contribution in [0.3, 0.4) is 0 Å². The lowest BCUT2D eigenvalue weighted by atomic mass is 9.90. The Hall–Kier alpha value is -2.71. The van der Waals surface area contributed by atoms with Gasteiger partial charge in [0.15, 0.2) is 0 Å². The highest BCUT2D eigenvalue weighted by Crippen LogP contribution is 2.38. The van der Waals surface area contributed by atoms with E-state index >= 15 is 0 Å². The highest BCUT2D eigenvalue weighted by molar-refractivity contribution is 7.89. The Kier molecular flexibility index (Phi) is 6.62. The van der Waals surface area contributed by atoms with E-state index in [4.69, 9.17) is 0 Å². The second-order valence-corrected chi connectivity index (χ2v) is 10.3. The maximum Gasteiger partial charge on any atom is 0.243 e. The van der Waals surface area contributed by atoms with Crippen LogP contribution in [-0.4, -0.2) is 67.1 Å². The van der Waals surface area contributed by atoms with Gasteiger partial charge in [-0.25, -0.2) is 8.42 Å². The first-order chi connectivity index (χ1) is 15.4. The molecule has 2 fully saturated rings. The van der Waals surface area contributed by atoms with E-state index in [-0.39, 0.29) is 29.3 Å². The molecule has 0 unspecified atom stereocenters. The number of sulfonamides is 1. The predicted octanol–water partition coefficient (Wildman–Crippen LogP) is 2.52. The van der Waals surface area contributed by atoms with Crippen LogP contribution in [-0.2, 0) is 19.6 Å². The smallest absolute Gasteiger partial charge is 0.243 e. The SMILES string of the molecule is CC(=O)N1CCN(C(=O)[C@@H]2CC[C@H](c3ccccc3)N(S(=O)(=O)c3ccccc3)C2)CC1. The van der Waals surface area contributed by atoms with Crippen LogP contribution in [0.5, 0.6) is 0 Å². The normalized spacial score (nSPS) is 22.5. The Morgan fingerprint density at radius 1 is 0.812 bits per heavy atom. The summed E-state index contributed by atoms with van der Waals surface area (Å²) in [6, 6.07) is 17.7. The van der Waals surface area contributed by atoms with Crippen molar-refractivity contribution in [2.24, 2.45) is 5.92 Å². The molecule has 4 rings (SSSR count). The van der Waals surface area contributed by atoms with Gasteiger partial charge in [0.2, 0.25) is 21.8 Å². The molecule has 0 saturated carbocycles. The summed E-state index contributed by atoms with van der Waals surface area (Å²) in [6.07, 6.45) is 1.21. The van der Waals surface area contributed by atoms with Crippen LogP contribution in [0.15, 0.2) is 65.6 Å². The number of benzene rings is 2. The third-order valence-electron chi connectivity index (χ3n) is 6.46. The Balaban J connectivity index is 1.57. The summed E-state index contributed by atoms with van der Waals surface area (Å²) >= 11 is 0. The van der Waals surface area contributed by atoms with Crippen molar-refractivity contribution in [1.29, 1.82) is 0 Å². The zero-order chi connectivity index (χ0) is 22.7. The molecular weight excluding hydrogens is 426 g/mol. The van der Waals surface area contributed by atoms with E-state index in [1.54, 1.807) is 40.1 Å². The molecule has 2 heterocycles. The molecule has 0 N–H and O–H groups in total. The zero-order valence-electron chi connectivity index (χ0n) is 18.3. The molecule has 7 nitrogen and oxygen atoms in total. The quantitative estimate of drug-likeness (QED) is 0.710. The maximum absolute atomic E-state index is 13.6. The lowest BCUT2D eigenvalue weighted by molar-refractivity contribution is -0.142. The average Bonchev–Trinajstić information content (AvgIpc) is 2.84. The first-order valence-electron chi connectivity index (χ1n) is 11.0. The average molecular weight is 456 g/mol. The van der Waals surface area contributed by atoms with Gasteiger partial charge in [-0.3, -0.25) is 9.59 Å². The molecule has 2 aliphatic rings. The molecule has 2 atom stereocenters. The van der Waals surface area contributed by atoms with Crippen LogP contribution in [0, 0.1) is 5.92 Å². The summed E-state index contributed by atoms with van der Waals surface area (Å²) in [6.45, 7) is 3.71. The fraction of sp³-hybridized carbons (Fsp3) is 0.417. The lowest BCUT2D eigenvalue weighted by Gasteiger charge is -2.41. The van der Waals surface area contributed by atoms with Gasteiger partial charge in [0.1, 0.15) is 0 Å². The van der Waals surface area contributed by atoms with Crippen molar-refractivity contribution in [3.8, 4) is 0 Å². The molecule has 2 amide bonds. The van der Waals surface area contributed by atoms with Crippen molar-refractivity contribution in [2.75, 3.05) is 32.7 Å². The number of carbonyl (C=O) groups is 2. The second kappa shape index (κ2) is 9.42. The van der Waals surface area contributed by atoms with Crippen LogP contribution in [0.1, 0.15) is 31.4 Å². The van der Waals surface area contributed by atoms with Gasteiger partial charge < -0.3 is 9.80 Å². The van der Waals surface area contributed by atoms with Crippen molar-refractivity contribution in [3.05, 3.63) is 66.2 Å². The number of piperazine rings is 1. The number of hydrogen-bond acceptors (Lipinski definition) is 4. The van der Waals surface area contributed by atoms with E-state index in [0.717, 1.165) is 5.56 Å². The van der Waals surface area contributed by atoms with E-state index in [1.807, 2.05) is 30.3 Å². The summed E-state index contributed by atoms with van der Waals surface area (Å²) in [7, 11) is -3.77. The number of nitrogens with zero attached hydrogens (tertiary/aromatic N) is 3. The Labute approximate surface area is 189 Å². The van der Waals surface area contributed by atoms with Crippen LogP contribution in [0.25, 0.3) is 0 Å². The van der Waals surface area contributed by atoms with Crippen LogP contribution >= 0.6 is 0 Å². The molecular formula is C24H29N3O4S. The second-order valence-electron chi connectivity index (χ2n) is 8.42. The molecule has 2 aromatic rings. The van der Waals surface area contributed by atoms with Gasteiger partial charge in [0, 0.05) is 39.6 Å². The summed E-state index contributed by atoms with van der Waals surface area (Å²) in [5.74, 6) is -0.397. The third-order valence-corrected chi connectivity index (χ3v) is 8.35. The topological polar surface area (TPSA) is 78.0 Å². The highest BCUT2D eigenvalue weighted by Gasteiger charge is 2.41. The van der Waals surface area contributed by atoms with Gasteiger partial charge in [-0.1, -0.05) is 48.5 Å². The maximum atomic E-state index is 13.6. The molecule has 8 heteroatoms. The monoisotopic (exact) mass is 455 g/mol. The van der Waals surface area contributed by atoms with Gasteiger partial charge in [0.25, 0.3) is 0 Å². The number of amides is 2. The molecule has 32 heavy (non-hydrogen) atoms. The van der Waals surface area contributed by atoms with Crippen molar-refractivity contribution in [3.63, 3.8) is 0 Å². The summed E-state index contributed by atoms with van der Waals surface area (Å²) in [5, 5.41) is 0. The molecule has 0 aliphatic carbocycles. The van der Waals surface area contributed by atoms with Crippen LogP contribution in [0.4, 0.5) is 0 Å². The first-order valence-corrected chi connectivity index (χ1v) is 12.5. The minimum Gasteiger partial charge on any atom is -0.339 e. The van der Waals surface area contributed by atoms with Gasteiger partial charge in [-0.15, -0.1) is 0 Å². The van der Waals surface area contributed by atoms with Gasteiger partial charge in [-0.05, 0) is 30.5 Å². The first kappa shape index (κ1) is 22.5. The van der Waals surface area contributed by atoms with E-state index in [9.17, 15) is 18.0 Å². The Bertz CT molecular complexity index is 1050. The van der Waals surface area contributed by atoms with E-state index in [0.29, 0.717) is 39.0 Å². The predicted molar refractivity (Wildman–Crippen MR) is 121 cm³/mol. The number of piperidine rings is 1. The van der Waals surface area contributed by atoms with Crippen molar-refractivity contribution in [2.45, 2.75) is 30.7 Å². The van der Waals surface area contributed by atoms with E-state index in [1.165, 1.54) is 11.2 Å². The third kappa shape index (κ3) is 4.56. The molecule has 170 valence electrons. The molecule has 2 aromatic carbocycles. The highest BCUT2D eigenvalue weighted by atomic mass is 32.2. The van der Waals surface area contributed by atoms with E-state index in [2.05, 4.69) is 0 Å². The molecule has 2 saturated heterocycles. The van der Waals surface area contributed by atoms with Gasteiger partial charge in [0.05, 0.1) is 16.9 Å². The fourth-order valence-corrected chi connectivity index (χ4v) is 6.35. The largest absolute Gasteiger partial charge is 0.339 e. The minimum absolute atomic E-state index is 0.0144. The summed E-state index contributed by atoms with van der Waals surface area (Å²) < 4.78 is 28.7. The van der Waals surface area contributed by atoms with E-state index < -0.39 is 15.9 Å². The zero-order valence-corrected chi connectivity index (χ0v) is 19.1. The summed E-state index contributed by atoms with van der Waals surface area (Å²) in [4.78, 5) is 28.6. The van der Waals surface area contributed by atoms with Gasteiger partial charge in [-0.2, -0.15) is 4.31 Å². The molecule has 0 bridgehead atoms.